The molecule has 2 aromatic rings. The van der Waals surface area contributed by atoms with Crippen LogP contribution in [0, 0.1) is 10.1 Å². The average molecular weight is 444 g/mol. The molecule has 0 saturated heterocycles. The summed E-state index contributed by atoms with van der Waals surface area (Å²) in [4.78, 5) is 23.6. The van der Waals surface area contributed by atoms with Crippen molar-refractivity contribution in [2.45, 2.75) is 49.6 Å². The van der Waals surface area contributed by atoms with Crippen LogP contribution in [0.25, 0.3) is 0 Å². The predicted molar refractivity (Wildman–Crippen MR) is 101 cm³/mol. The Balaban J connectivity index is 1.72. The van der Waals surface area contributed by atoms with Crippen LogP contribution in [0.1, 0.15) is 37.3 Å². The predicted octanol–water partition coefficient (Wildman–Crippen LogP) is 3.38. The van der Waals surface area contributed by atoms with Crippen molar-refractivity contribution >= 4 is 23.4 Å². The number of nitro benzene ring substituents is 1. The summed E-state index contributed by atoms with van der Waals surface area (Å²) in [5.41, 5.74) is -0.309. The Bertz CT molecular complexity index is 901. The summed E-state index contributed by atoms with van der Waals surface area (Å²) in [6, 6.07) is 5.54. The fourth-order valence-corrected chi connectivity index (χ4v) is 4.20. The first kappa shape index (κ1) is 22.0. The molecule has 1 aliphatic rings. The number of thioether (sulfide) groups is 1. The topological polar surface area (TPSA) is 107 Å². The van der Waals surface area contributed by atoms with E-state index in [9.17, 15) is 28.1 Å². The number of nitrogens with zero attached hydrogens (tertiary/aromatic N) is 6. The molecule has 1 amide bonds. The van der Waals surface area contributed by atoms with Crippen LogP contribution < -0.4 is 0 Å². The number of rotatable bonds is 8. The first-order valence-corrected chi connectivity index (χ1v) is 10.2. The standard InChI is InChI=1S/C17H19F3N6O3S/c18-17(19,20)11-24(9-12-5-1-4-8-14(12)26(28)29)15(27)10-30-16-21-22-23-25(16)13-6-2-3-7-13/h1,4-5,8,13H,2-3,6-7,9-11H2. The van der Waals surface area contributed by atoms with Crippen molar-refractivity contribution in [1.82, 2.24) is 25.1 Å². The second-order valence-electron chi connectivity index (χ2n) is 6.88. The number of amides is 1. The quantitative estimate of drug-likeness (QED) is 0.349. The largest absolute Gasteiger partial charge is 0.406 e. The Morgan fingerprint density at radius 2 is 2.00 bits per heavy atom. The summed E-state index contributed by atoms with van der Waals surface area (Å²) in [7, 11) is 0. The molecule has 1 saturated carbocycles. The molecule has 1 heterocycles. The molecule has 1 fully saturated rings. The van der Waals surface area contributed by atoms with E-state index in [4.69, 9.17) is 0 Å². The van der Waals surface area contributed by atoms with Gasteiger partial charge < -0.3 is 4.90 Å². The molecule has 0 unspecified atom stereocenters. The lowest BCUT2D eigenvalue weighted by Gasteiger charge is -2.24. The molecule has 1 aliphatic carbocycles. The fourth-order valence-electron chi connectivity index (χ4n) is 3.35. The highest BCUT2D eigenvalue weighted by Gasteiger charge is 2.34. The molecular formula is C17H19F3N6O3S. The van der Waals surface area contributed by atoms with Crippen LogP contribution >= 0.6 is 11.8 Å². The van der Waals surface area contributed by atoms with Gasteiger partial charge >= 0.3 is 6.18 Å². The molecular weight excluding hydrogens is 425 g/mol. The smallest absolute Gasteiger partial charge is 0.328 e. The third-order valence-electron chi connectivity index (χ3n) is 4.73. The number of hydrogen-bond donors (Lipinski definition) is 0. The van der Waals surface area contributed by atoms with Crippen molar-refractivity contribution in [1.29, 1.82) is 0 Å². The highest BCUT2D eigenvalue weighted by molar-refractivity contribution is 7.99. The maximum atomic E-state index is 13.0. The molecule has 0 N–H and O–H groups in total. The molecule has 0 radical (unpaired) electrons. The third kappa shape index (κ3) is 5.68. The first-order chi connectivity index (χ1) is 14.2. The number of halogens is 3. The van der Waals surface area contributed by atoms with Crippen molar-refractivity contribution in [2.24, 2.45) is 0 Å². The van der Waals surface area contributed by atoms with E-state index in [-0.39, 0.29) is 23.0 Å². The van der Waals surface area contributed by atoms with Crippen LogP contribution in [0.4, 0.5) is 18.9 Å². The Labute approximate surface area is 173 Å². The van der Waals surface area contributed by atoms with Gasteiger partial charge in [0, 0.05) is 11.6 Å². The van der Waals surface area contributed by atoms with Crippen molar-refractivity contribution in [3.63, 3.8) is 0 Å². The second kappa shape index (κ2) is 9.41. The van der Waals surface area contributed by atoms with Gasteiger partial charge in [0.1, 0.15) is 6.54 Å². The van der Waals surface area contributed by atoms with E-state index in [2.05, 4.69) is 15.5 Å². The zero-order valence-corrected chi connectivity index (χ0v) is 16.6. The van der Waals surface area contributed by atoms with Gasteiger partial charge in [0.05, 0.1) is 23.3 Å². The van der Waals surface area contributed by atoms with Gasteiger partial charge in [0.2, 0.25) is 11.1 Å². The molecule has 3 rings (SSSR count). The van der Waals surface area contributed by atoms with Crippen LogP contribution in [-0.4, -0.2) is 54.4 Å². The SMILES string of the molecule is O=C(CSc1nnnn1C1CCCC1)N(Cc1ccccc1[N+](=O)[O-])CC(F)(F)F. The van der Waals surface area contributed by atoms with Crippen LogP contribution in [0.15, 0.2) is 29.4 Å². The zero-order chi connectivity index (χ0) is 21.7. The van der Waals surface area contributed by atoms with E-state index in [1.165, 1.54) is 24.3 Å². The van der Waals surface area contributed by atoms with Gasteiger partial charge in [-0.1, -0.05) is 42.8 Å². The van der Waals surface area contributed by atoms with Gasteiger partial charge in [-0.3, -0.25) is 14.9 Å². The zero-order valence-electron chi connectivity index (χ0n) is 15.8. The molecule has 0 bridgehead atoms. The van der Waals surface area contributed by atoms with Crippen molar-refractivity contribution in [3.05, 3.63) is 39.9 Å². The maximum absolute atomic E-state index is 13.0. The second-order valence-corrected chi connectivity index (χ2v) is 7.83. The number of benzene rings is 1. The number of tetrazole rings is 1. The summed E-state index contributed by atoms with van der Waals surface area (Å²) in [5, 5.41) is 22.9. The molecule has 0 aliphatic heterocycles. The molecule has 9 nitrogen and oxygen atoms in total. The van der Waals surface area contributed by atoms with E-state index in [0.29, 0.717) is 10.1 Å². The number of aromatic nitrogens is 4. The Morgan fingerprint density at radius 1 is 1.30 bits per heavy atom. The third-order valence-corrected chi connectivity index (χ3v) is 5.65. The minimum atomic E-state index is -4.64. The highest BCUT2D eigenvalue weighted by Crippen LogP contribution is 2.31. The summed E-state index contributed by atoms with van der Waals surface area (Å²) in [5.74, 6) is -1.12. The minimum Gasteiger partial charge on any atom is -0.328 e. The maximum Gasteiger partial charge on any atom is 0.406 e. The Kier molecular flexibility index (Phi) is 6.90. The van der Waals surface area contributed by atoms with Gasteiger partial charge in [-0.25, -0.2) is 4.68 Å². The molecule has 0 atom stereocenters. The molecule has 1 aromatic carbocycles. The first-order valence-electron chi connectivity index (χ1n) is 9.22. The Hall–Kier alpha value is -2.70. The number of carbonyl (C=O) groups is 1. The van der Waals surface area contributed by atoms with E-state index >= 15 is 0 Å². The summed E-state index contributed by atoms with van der Waals surface area (Å²) >= 11 is 0.958. The molecule has 30 heavy (non-hydrogen) atoms. The lowest BCUT2D eigenvalue weighted by atomic mass is 10.1. The number of alkyl halides is 3. The lowest BCUT2D eigenvalue weighted by molar-refractivity contribution is -0.385. The molecule has 1 aromatic heterocycles. The summed E-state index contributed by atoms with van der Waals surface area (Å²) < 4.78 is 40.7. The molecule has 162 valence electrons. The monoisotopic (exact) mass is 444 g/mol. The highest BCUT2D eigenvalue weighted by atomic mass is 32.2. The minimum absolute atomic E-state index is 0.0286. The normalized spacial score (nSPS) is 14.8. The van der Waals surface area contributed by atoms with Crippen LogP contribution in [-0.2, 0) is 11.3 Å². The lowest BCUT2D eigenvalue weighted by Crippen LogP contribution is -2.39. The van der Waals surface area contributed by atoms with E-state index in [1.54, 1.807) is 4.68 Å². The number of para-hydroxylation sites is 1. The van der Waals surface area contributed by atoms with E-state index in [1.807, 2.05) is 0 Å². The van der Waals surface area contributed by atoms with Gasteiger partial charge in [-0.2, -0.15) is 13.2 Å². The number of nitro groups is 1. The molecule has 0 spiro atoms. The van der Waals surface area contributed by atoms with Crippen LogP contribution in [0.3, 0.4) is 0 Å². The Morgan fingerprint density at radius 3 is 2.67 bits per heavy atom. The van der Waals surface area contributed by atoms with Crippen molar-refractivity contribution in [2.75, 3.05) is 12.3 Å². The van der Waals surface area contributed by atoms with E-state index in [0.717, 1.165) is 37.4 Å². The van der Waals surface area contributed by atoms with Crippen LogP contribution in [0.2, 0.25) is 0 Å². The van der Waals surface area contributed by atoms with Gasteiger partial charge in [0.25, 0.3) is 5.69 Å². The van der Waals surface area contributed by atoms with Gasteiger partial charge in [0.15, 0.2) is 0 Å². The molecule has 13 heteroatoms. The number of carbonyl (C=O) groups excluding carboxylic acids is 1. The van der Waals surface area contributed by atoms with Crippen molar-refractivity contribution in [3.8, 4) is 0 Å². The van der Waals surface area contributed by atoms with Gasteiger partial charge in [-0.15, -0.1) is 5.10 Å². The average Bonchev–Trinajstić information content (AvgIpc) is 3.36. The van der Waals surface area contributed by atoms with E-state index < -0.39 is 30.1 Å². The number of hydrogen-bond acceptors (Lipinski definition) is 7. The van der Waals surface area contributed by atoms with Crippen molar-refractivity contribution < 1.29 is 22.9 Å². The fraction of sp³-hybridized carbons (Fsp3) is 0.529. The van der Waals surface area contributed by atoms with Gasteiger partial charge in [-0.05, 0) is 23.3 Å². The summed E-state index contributed by atoms with van der Waals surface area (Å²) in [6.07, 6.45) is -0.740. The summed E-state index contributed by atoms with van der Waals surface area (Å²) in [6.45, 7) is -2.03. The van der Waals surface area contributed by atoms with Crippen LogP contribution in [0.5, 0.6) is 0 Å².